The van der Waals surface area contributed by atoms with Crippen molar-refractivity contribution in [1.29, 1.82) is 0 Å². The van der Waals surface area contributed by atoms with Gasteiger partial charge in [-0.15, -0.1) is 18.3 Å². The van der Waals surface area contributed by atoms with E-state index in [1.807, 2.05) is 31.2 Å². The smallest absolute Gasteiger partial charge is 0.406 e. The van der Waals surface area contributed by atoms with E-state index >= 15 is 0 Å². The number of aromatic nitrogens is 3. The van der Waals surface area contributed by atoms with E-state index < -0.39 is 6.36 Å². The van der Waals surface area contributed by atoms with Crippen LogP contribution in [0.5, 0.6) is 5.75 Å². The van der Waals surface area contributed by atoms with Crippen molar-refractivity contribution in [1.82, 2.24) is 20.1 Å². The summed E-state index contributed by atoms with van der Waals surface area (Å²) in [5.41, 5.74) is 7.02. The third-order valence-electron chi connectivity index (χ3n) is 7.61. The molecule has 2 unspecified atom stereocenters. The molecule has 2 heterocycles. The number of nitrogens with zero attached hydrogens (tertiary/aromatic N) is 5. The van der Waals surface area contributed by atoms with Gasteiger partial charge in [-0.2, -0.15) is 4.99 Å². The first-order chi connectivity index (χ1) is 21.4. The van der Waals surface area contributed by atoms with Crippen LogP contribution in [0.25, 0.3) is 17.1 Å². The number of amidine groups is 1. The third-order valence-corrected chi connectivity index (χ3v) is 8.60. The Bertz CT molecular complexity index is 1660. The van der Waals surface area contributed by atoms with E-state index in [1.54, 1.807) is 11.8 Å². The lowest BCUT2D eigenvalue weighted by Gasteiger charge is -2.37. The molecule has 1 aliphatic rings. The maximum atomic E-state index is 13.0. The molecule has 236 valence electrons. The molecule has 0 bridgehead atoms. The van der Waals surface area contributed by atoms with Crippen LogP contribution in [0, 0.1) is 20.8 Å². The zero-order chi connectivity index (χ0) is 32.3. The number of rotatable bonds is 7. The summed E-state index contributed by atoms with van der Waals surface area (Å²) in [5, 5.41) is 8.15. The SMILES string of the molecule is Cc1cc(C)c(N2/C(=N/C(=O)NCC(C)c3ccc(-c4ncn(-c5ccc(OC(F)(F)F)cc5)n4)cc3)SCCC2C)c(C)c1. The summed E-state index contributed by atoms with van der Waals surface area (Å²) >= 11 is 1.61. The van der Waals surface area contributed by atoms with Crippen LogP contribution < -0.4 is 15.0 Å². The lowest BCUT2D eigenvalue weighted by molar-refractivity contribution is -0.274. The third kappa shape index (κ3) is 7.86. The molecule has 2 amide bonds. The zero-order valence-electron chi connectivity index (χ0n) is 25.7. The van der Waals surface area contributed by atoms with E-state index in [1.165, 1.54) is 52.0 Å². The molecule has 0 saturated carbocycles. The highest BCUT2D eigenvalue weighted by Gasteiger charge is 2.31. The fourth-order valence-electron chi connectivity index (χ4n) is 5.43. The maximum absolute atomic E-state index is 13.0. The summed E-state index contributed by atoms with van der Waals surface area (Å²) in [5.74, 6) is 1.10. The molecule has 0 radical (unpaired) electrons. The minimum Gasteiger partial charge on any atom is -0.406 e. The average Bonchev–Trinajstić information content (AvgIpc) is 3.47. The second-order valence-corrected chi connectivity index (χ2v) is 12.3. The molecule has 1 saturated heterocycles. The number of urea groups is 1. The van der Waals surface area contributed by atoms with E-state index in [2.05, 4.69) is 69.9 Å². The standard InChI is InChI=1S/C33H35F3N6O2S/c1-20-16-21(2)29(22(3)17-20)42-24(5)14-15-45-32(42)39-31(43)37-18-23(4)25-6-8-26(9-7-25)30-38-19-41(40-30)27-10-12-28(13-11-27)44-33(34,35)36/h6-13,16-17,19,23-24H,14-15,18H2,1-5H3,(H,37,43)/b39-32-. The van der Waals surface area contributed by atoms with Gasteiger partial charge in [-0.05, 0) is 81.0 Å². The fraction of sp³-hybridized carbons (Fsp3) is 0.333. The lowest BCUT2D eigenvalue weighted by atomic mass is 10.00. The van der Waals surface area contributed by atoms with Crippen LogP contribution in [0.15, 0.2) is 72.0 Å². The molecule has 3 aromatic carbocycles. The van der Waals surface area contributed by atoms with Gasteiger partial charge in [0.15, 0.2) is 11.0 Å². The summed E-state index contributed by atoms with van der Waals surface area (Å²) in [4.78, 5) is 24.0. The normalized spacial score (nSPS) is 16.9. The number of carbonyl (C=O) groups excluding carboxylic acids is 1. The summed E-state index contributed by atoms with van der Waals surface area (Å²) < 4.78 is 42.7. The largest absolute Gasteiger partial charge is 0.573 e. The first kappa shape index (κ1) is 32.1. The van der Waals surface area contributed by atoms with Crippen molar-refractivity contribution < 1.29 is 22.7 Å². The molecule has 1 N–H and O–H groups in total. The van der Waals surface area contributed by atoms with Crippen LogP contribution in [0.4, 0.5) is 23.7 Å². The Morgan fingerprint density at radius 1 is 1.09 bits per heavy atom. The monoisotopic (exact) mass is 636 g/mol. The summed E-state index contributed by atoms with van der Waals surface area (Å²) in [6, 6.07) is 17.3. The Morgan fingerprint density at radius 2 is 1.76 bits per heavy atom. The van der Waals surface area contributed by atoms with Crippen LogP contribution in [-0.4, -0.2) is 50.7 Å². The first-order valence-electron chi connectivity index (χ1n) is 14.6. The van der Waals surface area contributed by atoms with Crippen LogP contribution in [0.2, 0.25) is 0 Å². The highest BCUT2D eigenvalue weighted by Crippen LogP contribution is 2.34. The van der Waals surface area contributed by atoms with Gasteiger partial charge in [-0.25, -0.2) is 14.5 Å². The molecule has 0 aliphatic carbocycles. The quantitative estimate of drug-likeness (QED) is 0.222. The summed E-state index contributed by atoms with van der Waals surface area (Å²) in [6.07, 6.45) is -2.24. The van der Waals surface area contributed by atoms with Crippen molar-refractivity contribution in [3.63, 3.8) is 0 Å². The molecule has 1 aliphatic heterocycles. The Kier molecular flexibility index (Phi) is 9.52. The molecule has 45 heavy (non-hydrogen) atoms. The van der Waals surface area contributed by atoms with Crippen molar-refractivity contribution in [3.8, 4) is 22.8 Å². The second-order valence-electron chi connectivity index (χ2n) is 11.3. The molecule has 2 atom stereocenters. The molecule has 12 heteroatoms. The Labute approximate surface area is 264 Å². The van der Waals surface area contributed by atoms with Gasteiger partial charge in [0, 0.05) is 29.6 Å². The number of aliphatic imine (C=N–C) groups is 1. The lowest BCUT2D eigenvalue weighted by Crippen LogP contribution is -2.43. The molecule has 8 nitrogen and oxygen atoms in total. The number of ether oxygens (including phenoxy) is 1. The number of carbonyl (C=O) groups is 1. The maximum Gasteiger partial charge on any atom is 0.573 e. The number of alkyl halides is 3. The van der Waals surface area contributed by atoms with Gasteiger partial charge in [-0.3, -0.25) is 0 Å². The van der Waals surface area contributed by atoms with Crippen LogP contribution >= 0.6 is 11.8 Å². The Balaban J connectivity index is 1.21. The van der Waals surface area contributed by atoms with Gasteiger partial charge in [0.1, 0.15) is 12.1 Å². The highest BCUT2D eigenvalue weighted by molar-refractivity contribution is 8.14. The van der Waals surface area contributed by atoms with Crippen molar-refractivity contribution in [2.75, 3.05) is 17.2 Å². The molecular weight excluding hydrogens is 601 g/mol. The minimum atomic E-state index is -4.75. The number of anilines is 1. The minimum absolute atomic E-state index is 0.0294. The number of amides is 2. The van der Waals surface area contributed by atoms with Gasteiger partial charge in [0.05, 0.1) is 5.69 Å². The van der Waals surface area contributed by atoms with Gasteiger partial charge in [0.25, 0.3) is 0 Å². The average molecular weight is 637 g/mol. The fourth-order valence-corrected chi connectivity index (χ4v) is 6.63. The second kappa shape index (κ2) is 13.4. The summed E-state index contributed by atoms with van der Waals surface area (Å²) in [6.45, 7) is 10.9. The number of nitrogens with one attached hydrogen (secondary N) is 1. The summed E-state index contributed by atoms with van der Waals surface area (Å²) in [7, 11) is 0. The van der Waals surface area contributed by atoms with Gasteiger partial charge in [0.2, 0.25) is 0 Å². The number of hydrogen-bond donors (Lipinski definition) is 1. The molecular formula is C33H35F3N6O2S. The topological polar surface area (TPSA) is 84.6 Å². The van der Waals surface area contributed by atoms with E-state index in [9.17, 15) is 18.0 Å². The number of thioether (sulfide) groups is 1. The Morgan fingerprint density at radius 3 is 2.40 bits per heavy atom. The predicted molar refractivity (Wildman–Crippen MR) is 172 cm³/mol. The zero-order valence-corrected chi connectivity index (χ0v) is 26.5. The van der Waals surface area contributed by atoms with Crippen molar-refractivity contribution >= 4 is 28.6 Å². The van der Waals surface area contributed by atoms with Gasteiger partial charge < -0.3 is 15.0 Å². The first-order valence-corrected chi connectivity index (χ1v) is 15.6. The number of halogens is 3. The van der Waals surface area contributed by atoms with Crippen molar-refractivity contribution in [3.05, 3.63) is 89.2 Å². The molecule has 1 fully saturated rings. The highest BCUT2D eigenvalue weighted by atomic mass is 32.2. The molecule has 1 aromatic heterocycles. The molecule has 5 rings (SSSR count). The van der Waals surface area contributed by atoms with E-state index in [-0.39, 0.29) is 23.7 Å². The van der Waals surface area contributed by atoms with Gasteiger partial charge in [-0.1, -0.05) is 60.6 Å². The van der Waals surface area contributed by atoms with Crippen LogP contribution in [-0.2, 0) is 0 Å². The number of hydrogen-bond acceptors (Lipinski definition) is 5. The van der Waals surface area contributed by atoms with Crippen molar-refractivity contribution in [2.45, 2.75) is 59.4 Å². The number of aryl methyl sites for hydroxylation is 3. The van der Waals surface area contributed by atoms with Crippen molar-refractivity contribution in [2.24, 2.45) is 4.99 Å². The number of benzene rings is 3. The molecule has 4 aromatic rings. The van der Waals surface area contributed by atoms with E-state index in [0.29, 0.717) is 18.1 Å². The van der Waals surface area contributed by atoms with Crippen LogP contribution in [0.1, 0.15) is 48.4 Å². The van der Waals surface area contributed by atoms with E-state index in [0.717, 1.165) is 34.2 Å². The predicted octanol–water partition coefficient (Wildman–Crippen LogP) is 7.96. The Hall–Kier alpha value is -4.32. The van der Waals surface area contributed by atoms with E-state index in [4.69, 9.17) is 0 Å². The van der Waals surface area contributed by atoms with Crippen LogP contribution in [0.3, 0.4) is 0 Å². The van der Waals surface area contributed by atoms with Gasteiger partial charge >= 0.3 is 12.4 Å². The molecule has 0 spiro atoms.